The van der Waals surface area contributed by atoms with Crippen LogP contribution in [0.4, 0.5) is 0 Å². The molecule has 1 aliphatic carbocycles. The first-order chi connectivity index (χ1) is 7.68. The summed E-state index contributed by atoms with van der Waals surface area (Å²) in [6, 6.07) is 0.197. The van der Waals surface area contributed by atoms with Gasteiger partial charge in [0.25, 0.3) is 0 Å². The number of nitrogens with two attached hydrogens (primary N) is 1. The molecule has 94 valence electrons. The molecule has 2 rings (SSSR count). The summed E-state index contributed by atoms with van der Waals surface area (Å²) in [5.41, 5.74) is 6.34. The largest absolute Gasteiger partial charge is 0.376 e. The molecular weight excluding hydrogens is 204 g/mol. The van der Waals surface area contributed by atoms with Gasteiger partial charge in [-0.1, -0.05) is 12.8 Å². The van der Waals surface area contributed by atoms with Crippen molar-refractivity contribution in [3.63, 3.8) is 0 Å². The van der Waals surface area contributed by atoms with Crippen molar-refractivity contribution in [3.05, 3.63) is 0 Å². The van der Waals surface area contributed by atoms with Gasteiger partial charge < -0.3 is 15.2 Å². The van der Waals surface area contributed by atoms with Crippen LogP contribution in [-0.4, -0.2) is 56.5 Å². The van der Waals surface area contributed by atoms with Crippen LogP contribution in [0.15, 0.2) is 0 Å². The molecule has 4 nitrogen and oxygen atoms in total. The Hall–Kier alpha value is -0.160. The van der Waals surface area contributed by atoms with E-state index < -0.39 is 0 Å². The first-order valence-corrected chi connectivity index (χ1v) is 6.30. The SMILES string of the molecule is CN(C)C1(C2COCCO2)CCCCC1N. The van der Waals surface area contributed by atoms with Crippen LogP contribution in [0.5, 0.6) is 0 Å². The van der Waals surface area contributed by atoms with Crippen LogP contribution in [0.1, 0.15) is 25.7 Å². The lowest BCUT2D eigenvalue weighted by Gasteiger charge is -2.52. The Kier molecular flexibility index (Phi) is 3.85. The van der Waals surface area contributed by atoms with E-state index in [4.69, 9.17) is 15.2 Å². The second-order valence-corrected chi connectivity index (χ2v) is 5.17. The van der Waals surface area contributed by atoms with E-state index in [1.807, 2.05) is 0 Å². The fourth-order valence-corrected chi connectivity index (χ4v) is 3.23. The van der Waals surface area contributed by atoms with Crippen LogP contribution >= 0.6 is 0 Å². The maximum Gasteiger partial charge on any atom is 0.101 e. The third-order valence-corrected chi connectivity index (χ3v) is 4.19. The van der Waals surface area contributed by atoms with Gasteiger partial charge in [0.15, 0.2) is 0 Å². The fourth-order valence-electron chi connectivity index (χ4n) is 3.23. The topological polar surface area (TPSA) is 47.7 Å². The van der Waals surface area contributed by atoms with E-state index in [1.54, 1.807) is 0 Å². The summed E-state index contributed by atoms with van der Waals surface area (Å²) >= 11 is 0. The molecule has 1 aliphatic heterocycles. The highest BCUT2D eigenvalue weighted by Gasteiger charge is 2.48. The molecular formula is C12H24N2O2. The molecule has 1 saturated heterocycles. The Labute approximate surface area is 98.1 Å². The van der Waals surface area contributed by atoms with Crippen molar-refractivity contribution >= 4 is 0 Å². The zero-order valence-corrected chi connectivity index (χ0v) is 10.4. The van der Waals surface area contributed by atoms with Gasteiger partial charge in [0.05, 0.1) is 25.4 Å². The summed E-state index contributed by atoms with van der Waals surface area (Å²) in [5, 5.41) is 0. The third kappa shape index (κ3) is 1.99. The van der Waals surface area contributed by atoms with Crippen molar-refractivity contribution in [2.45, 2.75) is 43.4 Å². The summed E-state index contributed by atoms with van der Waals surface area (Å²) < 4.78 is 11.5. The van der Waals surface area contributed by atoms with Crippen LogP contribution in [0.2, 0.25) is 0 Å². The number of hydrogen-bond acceptors (Lipinski definition) is 4. The molecule has 2 fully saturated rings. The molecule has 0 radical (unpaired) electrons. The molecule has 16 heavy (non-hydrogen) atoms. The monoisotopic (exact) mass is 228 g/mol. The van der Waals surface area contributed by atoms with Crippen LogP contribution in [0.3, 0.4) is 0 Å². The van der Waals surface area contributed by atoms with Gasteiger partial charge in [-0.15, -0.1) is 0 Å². The normalized spacial score (nSPS) is 41.2. The average Bonchev–Trinajstić information content (AvgIpc) is 2.30. The zero-order chi connectivity index (χ0) is 11.6. The predicted molar refractivity (Wildman–Crippen MR) is 63.4 cm³/mol. The number of likely N-dealkylation sites (N-methyl/N-ethyl adjacent to an activating group) is 1. The smallest absolute Gasteiger partial charge is 0.101 e. The molecule has 0 aromatic rings. The molecule has 3 atom stereocenters. The van der Waals surface area contributed by atoms with Crippen molar-refractivity contribution in [1.29, 1.82) is 0 Å². The fraction of sp³-hybridized carbons (Fsp3) is 1.00. The highest BCUT2D eigenvalue weighted by Crippen LogP contribution is 2.36. The van der Waals surface area contributed by atoms with Gasteiger partial charge in [-0.25, -0.2) is 0 Å². The number of ether oxygens (including phenoxy) is 2. The lowest BCUT2D eigenvalue weighted by Crippen LogP contribution is -2.68. The van der Waals surface area contributed by atoms with Gasteiger partial charge >= 0.3 is 0 Å². The van der Waals surface area contributed by atoms with Crippen LogP contribution in [0, 0.1) is 0 Å². The number of hydrogen-bond donors (Lipinski definition) is 1. The van der Waals surface area contributed by atoms with Crippen molar-refractivity contribution in [1.82, 2.24) is 4.90 Å². The Morgan fingerprint density at radius 1 is 1.25 bits per heavy atom. The molecule has 0 spiro atoms. The van der Waals surface area contributed by atoms with E-state index in [9.17, 15) is 0 Å². The molecule has 2 N–H and O–H groups in total. The van der Waals surface area contributed by atoms with Crippen molar-refractivity contribution in [3.8, 4) is 0 Å². The lowest BCUT2D eigenvalue weighted by atomic mass is 9.73. The van der Waals surface area contributed by atoms with E-state index in [1.165, 1.54) is 12.8 Å². The summed E-state index contributed by atoms with van der Waals surface area (Å²) in [6.07, 6.45) is 4.83. The van der Waals surface area contributed by atoms with Gasteiger partial charge in [-0.3, -0.25) is 4.90 Å². The van der Waals surface area contributed by atoms with Crippen molar-refractivity contribution < 1.29 is 9.47 Å². The Morgan fingerprint density at radius 2 is 2.06 bits per heavy atom. The van der Waals surface area contributed by atoms with Crippen molar-refractivity contribution in [2.75, 3.05) is 33.9 Å². The van der Waals surface area contributed by atoms with Crippen LogP contribution < -0.4 is 5.73 Å². The second kappa shape index (κ2) is 5.00. The maximum atomic E-state index is 6.37. The summed E-state index contributed by atoms with van der Waals surface area (Å²) in [6.45, 7) is 2.11. The van der Waals surface area contributed by atoms with Gasteiger partial charge in [-0.2, -0.15) is 0 Å². The zero-order valence-electron chi connectivity index (χ0n) is 10.4. The number of rotatable bonds is 2. The van der Waals surface area contributed by atoms with E-state index >= 15 is 0 Å². The van der Waals surface area contributed by atoms with E-state index in [-0.39, 0.29) is 17.7 Å². The molecule has 2 aliphatic rings. The summed E-state index contributed by atoms with van der Waals surface area (Å²) in [4.78, 5) is 2.26. The Bertz CT molecular complexity index is 229. The van der Waals surface area contributed by atoms with Gasteiger partial charge in [-0.05, 0) is 26.9 Å². The highest BCUT2D eigenvalue weighted by molar-refractivity contribution is 5.05. The lowest BCUT2D eigenvalue weighted by molar-refractivity contribution is -0.158. The molecule has 1 saturated carbocycles. The minimum absolute atomic E-state index is 0.0291. The minimum atomic E-state index is -0.0291. The Morgan fingerprint density at radius 3 is 2.62 bits per heavy atom. The van der Waals surface area contributed by atoms with Gasteiger partial charge in [0.1, 0.15) is 6.10 Å². The number of nitrogens with zero attached hydrogens (tertiary/aromatic N) is 1. The first-order valence-electron chi connectivity index (χ1n) is 6.30. The molecule has 4 heteroatoms. The standard InChI is InChI=1S/C12H24N2O2/c1-14(2)12(6-4-3-5-10(12)13)11-9-15-7-8-16-11/h10-11H,3-9,13H2,1-2H3. The minimum Gasteiger partial charge on any atom is -0.376 e. The molecule has 0 aromatic carbocycles. The highest BCUT2D eigenvalue weighted by atomic mass is 16.6. The molecule has 1 heterocycles. The van der Waals surface area contributed by atoms with Crippen molar-refractivity contribution in [2.24, 2.45) is 5.73 Å². The van der Waals surface area contributed by atoms with E-state index in [2.05, 4.69) is 19.0 Å². The summed E-state index contributed by atoms with van der Waals surface area (Å²) in [5.74, 6) is 0. The van der Waals surface area contributed by atoms with Gasteiger partial charge in [0, 0.05) is 6.04 Å². The maximum absolute atomic E-state index is 6.37. The molecule has 3 unspecified atom stereocenters. The average molecular weight is 228 g/mol. The quantitative estimate of drug-likeness (QED) is 0.752. The van der Waals surface area contributed by atoms with Crippen LogP contribution in [0.25, 0.3) is 0 Å². The Balaban J connectivity index is 2.18. The first kappa shape index (κ1) is 12.3. The summed E-state index contributed by atoms with van der Waals surface area (Å²) in [7, 11) is 4.23. The van der Waals surface area contributed by atoms with Crippen LogP contribution in [-0.2, 0) is 9.47 Å². The molecule has 0 bridgehead atoms. The van der Waals surface area contributed by atoms with Gasteiger partial charge in [0.2, 0.25) is 0 Å². The van der Waals surface area contributed by atoms with E-state index in [0.29, 0.717) is 13.2 Å². The molecule has 0 aromatic heterocycles. The molecule has 0 amide bonds. The van der Waals surface area contributed by atoms with E-state index in [0.717, 1.165) is 19.4 Å². The second-order valence-electron chi connectivity index (χ2n) is 5.17. The predicted octanol–water partition coefficient (Wildman–Crippen LogP) is 0.604. The third-order valence-electron chi connectivity index (χ3n) is 4.19.